The molecular weight excluding hydrogens is 216 g/mol. The summed E-state index contributed by atoms with van der Waals surface area (Å²) in [5.41, 5.74) is 1.81. The molecule has 0 amide bonds. The van der Waals surface area contributed by atoms with Crippen molar-refractivity contribution in [2.75, 3.05) is 0 Å². The SMILES string of the molecule is N#Cc1ccccc1CNCc1cccs1. The van der Waals surface area contributed by atoms with Crippen molar-refractivity contribution in [2.45, 2.75) is 13.1 Å². The van der Waals surface area contributed by atoms with Gasteiger partial charge >= 0.3 is 0 Å². The monoisotopic (exact) mass is 228 g/mol. The summed E-state index contributed by atoms with van der Waals surface area (Å²) < 4.78 is 0. The lowest BCUT2D eigenvalue weighted by atomic mass is 10.1. The zero-order valence-corrected chi connectivity index (χ0v) is 9.63. The average molecular weight is 228 g/mol. The van der Waals surface area contributed by atoms with Gasteiger partial charge in [0.15, 0.2) is 0 Å². The molecule has 0 radical (unpaired) electrons. The van der Waals surface area contributed by atoms with E-state index in [0.717, 1.165) is 24.2 Å². The summed E-state index contributed by atoms with van der Waals surface area (Å²) in [6.45, 7) is 1.60. The van der Waals surface area contributed by atoms with E-state index in [1.807, 2.05) is 30.3 Å². The molecule has 0 aliphatic heterocycles. The van der Waals surface area contributed by atoms with Crippen molar-refractivity contribution in [1.29, 1.82) is 5.26 Å². The third-order valence-corrected chi connectivity index (χ3v) is 3.21. The van der Waals surface area contributed by atoms with Gasteiger partial charge in [-0.25, -0.2) is 0 Å². The van der Waals surface area contributed by atoms with Crippen LogP contribution < -0.4 is 5.32 Å². The maximum Gasteiger partial charge on any atom is 0.0995 e. The minimum atomic E-state index is 0.738. The zero-order valence-electron chi connectivity index (χ0n) is 8.81. The van der Waals surface area contributed by atoms with Gasteiger partial charge in [0, 0.05) is 18.0 Å². The molecule has 1 heterocycles. The molecule has 0 atom stereocenters. The van der Waals surface area contributed by atoms with Gasteiger partial charge in [0.05, 0.1) is 11.6 Å². The number of nitrogens with zero attached hydrogens (tertiary/aromatic N) is 1. The Labute approximate surface area is 99.2 Å². The van der Waals surface area contributed by atoms with Crippen LogP contribution in [0.25, 0.3) is 0 Å². The van der Waals surface area contributed by atoms with Gasteiger partial charge in [-0.1, -0.05) is 24.3 Å². The molecule has 1 N–H and O–H groups in total. The maximum absolute atomic E-state index is 8.93. The first kappa shape index (κ1) is 10.9. The van der Waals surface area contributed by atoms with Crippen molar-refractivity contribution in [3.05, 3.63) is 57.8 Å². The molecule has 0 unspecified atom stereocenters. The molecule has 16 heavy (non-hydrogen) atoms. The van der Waals surface area contributed by atoms with Crippen LogP contribution in [0.5, 0.6) is 0 Å². The van der Waals surface area contributed by atoms with Crippen LogP contribution in [0, 0.1) is 11.3 Å². The van der Waals surface area contributed by atoms with Crippen molar-refractivity contribution in [3.8, 4) is 6.07 Å². The van der Waals surface area contributed by atoms with Crippen molar-refractivity contribution in [1.82, 2.24) is 5.32 Å². The van der Waals surface area contributed by atoms with Crippen LogP contribution in [0.4, 0.5) is 0 Å². The van der Waals surface area contributed by atoms with Gasteiger partial charge in [-0.2, -0.15) is 5.26 Å². The number of hydrogen-bond donors (Lipinski definition) is 1. The quantitative estimate of drug-likeness (QED) is 0.873. The van der Waals surface area contributed by atoms with E-state index in [0.29, 0.717) is 0 Å². The van der Waals surface area contributed by atoms with E-state index in [4.69, 9.17) is 5.26 Å². The highest BCUT2D eigenvalue weighted by Crippen LogP contribution is 2.10. The number of hydrogen-bond acceptors (Lipinski definition) is 3. The van der Waals surface area contributed by atoms with Gasteiger partial charge in [-0.3, -0.25) is 0 Å². The Morgan fingerprint density at radius 3 is 2.75 bits per heavy atom. The van der Waals surface area contributed by atoms with Crippen LogP contribution >= 0.6 is 11.3 Å². The van der Waals surface area contributed by atoms with Gasteiger partial charge in [0.2, 0.25) is 0 Å². The Morgan fingerprint density at radius 2 is 2.00 bits per heavy atom. The van der Waals surface area contributed by atoms with E-state index >= 15 is 0 Å². The molecule has 3 heteroatoms. The minimum absolute atomic E-state index is 0.738. The van der Waals surface area contributed by atoms with E-state index in [1.165, 1.54) is 4.88 Å². The van der Waals surface area contributed by atoms with Gasteiger partial charge in [-0.15, -0.1) is 11.3 Å². The lowest BCUT2D eigenvalue weighted by Gasteiger charge is -2.04. The van der Waals surface area contributed by atoms with E-state index in [-0.39, 0.29) is 0 Å². The van der Waals surface area contributed by atoms with Crippen molar-refractivity contribution < 1.29 is 0 Å². The Hall–Kier alpha value is -1.63. The summed E-state index contributed by atoms with van der Waals surface area (Å²) >= 11 is 1.74. The summed E-state index contributed by atoms with van der Waals surface area (Å²) in [6.07, 6.45) is 0. The molecule has 1 aromatic heterocycles. The van der Waals surface area contributed by atoms with Gasteiger partial charge in [-0.05, 0) is 23.1 Å². The molecule has 0 aliphatic carbocycles. The maximum atomic E-state index is 8.93. The summed E-state index contributed by atoms with van der Waals surface area (Å²) in [5.74, 6) is 0. The molecular formula is C13H12N2S. The predicted molar refractivity (Wildman–Crippen MR) is 66.0 cm³/mol. The Morgan fingerprint density at radius 1 is 1.12 bits per heavy atom. The number of nitrogens with one attached hydrogen (secondary N) is 1. The standard InChI is InChI=1S/C13H12N2S/c14-8-11-4-1-2-5-12(11)9-15-10-13-6-3-7-16-13/h1-7,15H,9-10H2. The number of benzene rings is 1. The molecule has 1 aromatic carbocycles. The third kappa shape index (κ3) is 2.69. The van der Waals surface area contributed by atoms with Crippen LogP contribution in [0.1, 0.15) is 16.0 Å². The Bertz CT molecular complexity index is 483. The van der Waals surface area contributed by atoms with Crippen LogP contribution in [0.3, 0.4) is 0 Å². The first-order valence-corrected chi connectivity index (χ1v) is 5.99. The van der Waals surface area contributed by atoms with Gasteiger partial charge in [0.1, 0.15) is 0 Å². The van der Waals surface area contributed by atoms with Crippen LogP contribution in [0.15, 0.2) is 41.8 Å². The molecule has 0 aliphatic rings. The second-order valence-corrected chi connectivity index (χ2v) is 4.48. The van der Waals surface area contributed by atoms with Crippen LogP contribution in [0.2, 0.25) is 0 Å². The molecule has 2 rings (SSSR count). The van der Waals surface area contributed by atoms with Crippen LogP contribution in [-0.2, 0) is 13.1 Å². The smallest absolute Gasteiger partial charge is 0.0995 e. The lowest BCUT2D eigenvalue weighted by Crippen LogP contribution is -2.12. The number of rotatable bonds is 4. The fourth-order valence-corrected chi connectivity index (χ4v) is 2.19. The minimum Gasteiger partial charge on any atom is -0.308 e. The molecule has 2 nitrogen and oxygen atoms in total. The zero-order chi connectivity index (χ0) is 11.2. The first-order chi connectivity index (χ1) is 7.90. The fraction of sp³-hybridized carbons (Fsp3) is 0.154. The normalized spacial score (nSPS) is 9.94. The molecule has 0 saturated carbocycles. The van der Waals surface area contributed by atoms with E-state index in [2.05, 4.69) is 22.8 Å². The van der Waals surface area contributed by atoms with E-state index < -0.39 is 0 Å². The number of thiophene rings is 1. The highest BCUT2D eigenvalue weighted by molar-refractivity contribution is 7.09. The van der Waals surface area contributed by atoms with Crippen molar-refractivity contribution in [3.63, 3.8) is 0 Å². The first-order valence-electron chi connectivity index (χ1n) is 5.11. The molecule has 0 bridgehead atoms. The topological polar surface area (TPSA) is 35.8 Å². The summed E-state index contributed by atoms with van der Waals surface area (Å²) in [4.78, 5) is 1.31. The average Bonchev–Trinajstić information content (AvgIpc) is 2.83. The highest BCUT2D eigenvalue weighted by atomic mass is 32.1. The third-order valence-electron chi connectivity index (χ3n) is 2.33. The van der Waals surface area contributed by atoms with E-state index in [1.54, 1.807) is 11.3 Å². The second kappa shape index (κ2) is 5.45. The summed E-state index contributed by atoms with van der Waals surface area (Å²) in [5, 5.41) is 14.3. The molecule has 0 saturated heterocycles. The van der Waals surface area contributed by atoms with Crippen molar-refractivity contribution >= 4 is 11.3 Å². The highest BCUT2D eigenvalue weighted by Gasteiger charge is 2.00. The van der Waals surface area contributed by atoms with E-state index in [9.17, 15) is 0 Å². The van der Waals surface area contributed by atoms with Crippen molar-refractivity contribution in [2.24, 2.45) is 0 Å². The molecule has 0 fully saturated rings. The van der Waals surface area contributed by atoms with Gasteiger partial charge in [0.25, 0.3) is 0 Å². The number of nitriles is 1. The largest absolute Gasteiger partial charge is 0.308 e. The lowest BCUT2D eigenvalue weighted by molar-refractivity contribution is 0.700. The molecule has 0 spiro atoms. The predicted octanol–water partition coefficient (Wildman–Crippen LogP) is 2.91. The van der Waals surface area contributed by atoms with Gasteiger partial charge < -0.3 is 5.32 Å². The second-order valence-electron chi connectivity index (χ2n) is 3.45. The van der Waals surface area contributed by atoms with Crippen LogP contribution in [-0.4, -0.2) is 0 Å². The molecule has 80 valence electrons. The molecule has 2 aromatic rings. The Balaban J connectivity index is 1.93. The fourth-order valence-electron chi connectivity index (χ4n) is 1.52. The summed E-state index contributed by atoms with van der Waals surface area (Å²) in [6, 6.07) is 14.0. The summed E-state index contributed by atoms with van der Waals surface area (Å²) in [7, 11) is 0. The Kier molecular flexibility index (Phi) is 3.71.